The van der Waals surface area contributed by atoms with Crippen molar-refractivity contribution in [3.05, 3.63) is 10.0 Å². The molecule has 1 aromatic heterocycles. The highest BCUT2D eigenvalue weighted by atomic mass is 32.3. The van der Waals surface area contributed by atoms with Crippen LogP contribution in [-0.4, -0.2) is 57.8 Å². The van der Waals surface area contributed by atoms with Gasteiger partial charge in [0, 0.05) is 18.5 Å². The molecule has 3 aliphatic rings. The van der Waals surface area contributed by atoms with Gasteiger partial charge in [0.2, 0.25) is 0 Å². The lowest BCUT2D eigenvalue weighted by Crippen LogP contribution is -2.35. The van der Waals surface area contributed by atoms with Gasteiger partial charge in [-0.3, -0.25) is 4.55 Å². The van der Waals surface area contributed by atoms with Gasteiger partial charge >= 0.3 is 16.4 Å². The maximum Gasteiger partial charge on any atom is 0.418 e. The van der Waals surface area contributed by atoms with Crippen LogP contribution in [0.3, 0.4) is 0 Å². The summed E-state index contributed by atoms with van der Waals surface area (Å²) in [6.45, 7) is 0.336. The van der Waals surface area contributed by atoms with Crippen molar-refractivity contribution in [3.63, 3.8) is 0 Å². The van der Waals surface area contributed by atoms with Crippen LogP contribution in [0.5, 0.6) is 0 Å². The molecule has 132 valence electrons. The molecular weight excluding hydrogens is 358 g/mol. The van der Waals surface area contributed by atoms with Crippen molar-refractivity contribution >= 4 is 27.8 Å². The number of amides is 2. The number of fused-ring (bicyclic) bond motifs is 2. The van der Waals surface area contributed by atoms with Gasteiger partial charge in [-0.05, 0) is 25.7 Å². The van der Waals surface area contributed by atoms with Crippen molar-refractivity contribution in [3.8, 4) is 0 Å². The van der Waals surface area contributed by atoms with E-state index in [9.17, 15) is 13.2 Å². The summed E-state index contributed by atoms with van der Waals surface area (Å²) >= 11 is 1.48. The first-order valence-electron chi connectivity index (χ1n) is 7.67. The van der Waals surface area contributed by atoms with Crippen LogP contribution in [0.2, 0.25) is 0 Å². The molecule has 2 amide bonds. The van der Waals surface area contributed by atoms with Crippen LogP contribution in [0.25, 0.3) is 0 Å². The molecule has 12 heteroatoms. The number of hydroxylamine groups is 2. The second kappa shape index (κ2) is 5.59. The average molecular weight is 375 g/mol. The maximum absolute atomic E-state index is 12.4. The van der Waals surface area contributed by atoms with Gasteiger partial charge in [-0.25, -0.2) is 4.79 Å². The molecule has 3 heterocycles. The number of hydrogen-bond acceptors (Lipinski definition) is 8. The molecule has 0 aromatic carbocycles. The summed E-state index contributed by atoms with van der Waals surface area (Å²) in [7, 11) is -4.73. The highest BCUT2D eigenvalue weighted by Crippen LogP contribution is 2.42. The summed E-state index contributed by atoms with van der Waals surface area (Å²) in [5.74, 6) is 0.344. The normalized spacial score (nSPS) is 33.0. The second-order valence-corrected chi connectivity index (χ2v) is 8.46. The molecule has 2 atom stereocenters. The molecule has 1 aliphatic carbocycles. The largest absolute Gasteiger partial charge is 0.418 e. The van der Waals surface area contributed by atoms with Crippen LogP contribution in [0.1, 0.15) is 47.7 Å². The van der Waals surface area contributed by atoms with Crippen LogP contribution in [-0.2, 0) is 14.7 Å². The average Bonchev–Trinajstić information content (AvgIpc) is 3.04. The van der Waals surface area contributed by atoms with E-state index in [0.29, 0.717) is 25.3 Å². The van der Waals surface area contributed by atoms with E-state index in [1.807, 2.05) is 0 Å². The Morgan fingerprint density at radius 3 is 2.62 bits per heavy atom. The molecule has 2 saturated heterocycles. The standard InChI is InChI=1S/C12H17N5O5S2/c13-7-3-6(4-7)10-14-15-11(23-10)9-2-1-8-5-16(9)12(18)17(8)22-24(19,20)21/h6-9H,1-5,13H2,(H,19,20,21). The third kappa shape index (κ3) is 2.77. The number of nitrogens with zero attached hydrogens (tertiary/aromatic N) is 4. The molecule has 0 spiro atoms. The lowest BCUT2D eigenvalue weighted by atomic mass is 9.81. The number of carbonyl (C=O) groups is 1. The summed E-state index contributed by atoms with van der Waals surface area (Å²) in [4.78, 5) is 13.9. The number of aromatic nitrogens is 2. The van der Waals surface area contributed by atoms with E-state index in [4.69, 9.17) is 10.3 Å². The summed E-state index contributed by atoms with van der Waals surface area (Å²) in [6, 6.07) is -0.997. The molecule has 1 saturated carbocycles. The van der Waals surface area contributed by atoms with Gasteiger partial charge in [0.05, 0.1) is 12.1 Å². The number of urea groups is 1. The third-order valence-electron chi connectivity index (χ3n) is 4.76. The monoisotopic (exact) mass is 375 g/mol. The summed E-state index contributed by atoms with van der Waals surface area (Å²) in [5, 5.41) is 10.9. The lowest BCUT2D eigenvalue weighted by molar-refractivity contribution is -0.0317. The van der Waals surface area contributed by atoms with E-state index in [0.717, 1.165) is 27.9 Å². The molecule has 2 aliphatic heterocycles. The van der Waals surface area contributed by atoms with E-state index < -0.39 is 22.5 Å². The van der Waals surface area contributed by atoms with Gasteiger partial charge in [-0.1, -0.05) is 11.3 Å². The zero-order valence-corrected chi connectivity index (χ0v) is 14.2. The molecule has 1 aromatic rings. The van der Waals surface area contributed by atoms with Crippen molar-refractivity contribution in [1.82, 2.24) is 20.2 Å². The Morgan fingerprint density at radius 1 is 1.25 bits per heavy atom. The summed E-state index contributed by atoms with van der Waals surface area (Å²) < 4.78 is 35.1. The zero-order valence-electron chi connectivity index (χ0n) is 12.6. The van der Waals surface area contributed by atoms with Gasteiger partial charge < -0.3 is 10.6 Å². The van der Waals surface area contributed by atoms with Crippen molar-refractivity contribution in [1.29, 1.82) is 0 Å². The molecule has 2 unspecified atom stereocenters. The van der Waals surface area contributed by atoms with Crippen LogP contribution in [0.15, 0.2) is 0 Å². The number of rotatable bonds is 4. The van der Waals surface area contributed by atoms with Gasteiger partial charge in [0.15, 0.2) is 0 Å². The third-order valence-corrected chi connectivity index (χ3v) is 6.30. The Hall–Kier alpha value is -1.34. The van der Waals surface area contributed by atoms with E-state index >= 15 is 0 Å². The Balaban J connectivity index is 1.51. The van der Waals surface area contributed by atoms with E-state index in [2.05, 4.69) is 14.5 Å². The van der Waals surface area contributed by atoms with Crippen LogP contribution in [0.4, 0.5) is 4.79 Å². The number of nitrogens with two attached hydrogens (primary N) is 1. The molecule has 3 fully saturated rings. The molecule has 3 N–H and O–H groups in total. The molecule has 2 bridgehead atoms. The molecule has 4 rings (SSSR count). The number of hydrogen-bond donors (Lipinski definition) is 2. The second-order valence-electron chi connectivity index (χ2n) is 6.42. The zero-order chi connectivity index (χ0) is 17.1. The fourth-order valence-corrected chi connectivity index (χ4v) is 5.00. The number of piperidine rings is 1. The Labute approximate surface area is 142 Å². The minimum atomic E-state index is -4.73. The maximum atomic E-state index is 12.4. The van der Waals surface area contributed by atoms with Crippen LogP contribution >= 0.6 is 11.3 Å². The highest BCUT2D eigenvalue weighted by Gasteiger charge is 2.48. The van der Waals surface area contributed by atoms with E-state index in [1.54, 1.807) is 0 Å². The van der Waals surface area contributed by atoms with E-state index in [1.165, 1.54) is 16.2 Å². The predicted octanol–water partition coefficient (Wildman–Crippen LogP) is 0.418. The molecule has 10 nitrogen and oxygen atoms in total. The van der Waals surface area contributed by atoms with E-state index in [-0.39, 0.29) is 12.1 Å². The van der Waals surface area contributed by atoms with Gasteiger partial charge in [-0.2, -0.15) is 13.5 Å². The summed E-state index contributed by atoms with van der Waals surface area (Å²) in [5.41, 5.74) is 5.80. The Morgan fingerprint density at radius 2 is 1.96 bits per heavy atom. The fraction of sp³-hybridized carbons (Fsp3) is 0.750. The first-order valence-corrected chi connectivity index (χ1v) is 9.85. The highest BCUT2D eigenvalue weighted by molar-refractivity contribution is 7.80. The fourth-order valence-electron chi connectivity index (χ4n) is 3.50. The smallest absolute Gasteiger partial charge is 0.328 e. The quantitative estimate of drug-likeness (QED) is 0.722. The lowest BCUT2D eigenvalue weighted by Gasteiger charge is -2.30. The first-order chi connectivity index (χ1) is 11.3. The SMILES string of the molecule is NC1CC(c2nnc(C3CCC4CN3C(=O)N4OS(=O)(=O)O)s2)C1. The van der Waals surface area contributed by atoms with Crippen LogP contribution < -0.4 is 5.73 Å². The van der Waals surface area contributed by atoms with Crippen molar-refractivity contribution < 1.29 is 22.0 Å². The Kier molecular flexibility index (Phi) is 3.76. The van der Waals surface area contributed by atoms with Gasteiger partial charge in [0.25, 0.3) is 0 Å². The molecule has 24 heavy (non-hydrogen) atoms. The van der Waals surface area contributed by atoms with Crippen molar-refractivity contribution in [2.45, 2.75) is 49.7 Å². The van der Waals surface area contributed by atoms with Gasteiger partial charge in [-0.15, -0.1) is 14.5 Å². The number of carbonyl (C=O) groups excluding carboxylic acids is 1. The van der Waals surface area contributed by atoms with Crippen molar-refractivity contribution in [2.24, 2.45) is 5.73 Å². The van der Waals surface area contributed by atoms with Gasteiger partial charge in [0.1, 0.15) is 10.0 Å². The molecule has 0 radical (unpaired) electrons. The topological polar surface area (TPSA) is 139 Å². The first kappa shape index (κ1) is 16.1. The van der Waals surface area contributed by atoms with Crippen LogP contribution in [0, 0.1) is 0 Å². The Bertz CT molecular complexity index is 762. The summed E-state index contributed by atoms with van der Waals surface area (Å²) in [6.07, 6.45) is 3.01. The minimum absolute atomic E-state index is 0.226. The predicted molar refractivity (Wildman–Crippen MR) is 82.2 cm³/mol. The van der Waals surface area contributed by atoms with Crippen molar-refractivity contribution in [2.75, 3.05) is 6.54 Å². The minimum Gasteiger partial charge on any atom is -0.328 e. The molecular formula is C12H17N5O5S2.